The van der Waals surface area contributed by atoms with E-state index in [-0.39, 0.29) is 12.3 Å². The molecule has 0 unspecified atom stereocenters. The zero-order valence-corrected chi connectivity index (χ0v) is 20.5. The lowest BCUT2D eigenvalue weighted by molar-refractivity contribution is -0.115. The van der Waals surface area contributed by atoms with Gasteiger partial charge < -0.3 is 24.3 Å². The van der Waals surface area contributed by atoms with E-state index in [0.717, 1.165) is 39.2 Å². The molecule has 0 radical (unpaired) electrons. The highest BCUT2D eigenvalue weighted by Gasteiger charge is 2.26. The number of methoxy groups -OCH3 is 4. The lowest BCUT2D eigenvalue weighted by Gasteiger charge is -2.13. The van der Waals surface area contributed by atoms with Gasteiger partial charge in [-0.15, -0.1) is 11.3 Å². The van der Waals surface area contributed by atoms with Gasteiger partial charge in [-0.2, -0.15) is 0 Å². The number of nitrogens with one attached hydrogen (secondary N) is 1. The number of ether oxygens (including phenoxy) is 4. The molecule has 8 heteroatoms. The molecule has 1 amide bonds. The Morgan fingerprint density at radius 2 is 1.74 bits per heavy atom. The first-order chi connectivity index (χ1) is 16.5. The number of amides is 1. The van der Waals surface area contributed by atoms with Gasteiger partial charge in [-0.3, -0.25) is 4.79 Å². The van der Waals surface area contributed by atoms with Crippen LogP contribution in [0.1, 0.15) is 30.0 Å². The Bertz CT molecular complexity index is 1250. The van der Waals surface area contributed by atoms with E-state index in [1.807, 2.05) is 42.6 Å². The lowest BCUT2D eigenvalue weighted by Crippen LogP contribution is -2.11. The smallest absolute Gasteiger partial charge is 0.230 e. The standard InChI is InChI=1S/C26H26N2O5S/c1-15-19(10-16-11-22(31-3)25(33-5)23(12-16)32-4)18-7-6-17(30-2)13-21(18)20(15)14-24(29)28-26-27-8-9-34-26/h6-13H,14H2,1-5H3,(H,27,28,29)/b19-10-. The van der Waals surface area contributed by atoms with Gasteiger partial charge in [0, 0.05) is 11.6 Å². The summed E-state index contributed by atoms with van der Waals surface area (Å²) >= 11 is 1.39. The fourth-order valence-corrected chi connectivity index (χ4v) is 4.62. The molecule has 1 aliphatic carbocycles. The minimum absolute atomic E-state index is 0.118. The summed E-state index contributed by atoms with van der Waals surface area (Å²) in [5.74, 6) is 2.30. The molecule has 1 aromatic heterocycles. The summed E-state index contributed by atoms with van der Waals surface area (Å²) in [4.78, 5) is 16.9. The number of allylic oxidation sites excluding steroid dienone is 2. The number of carbonyl (C=O) groups is 1. The van der Waals surface area contributed by atoms with Crippen molar-refractivity contribution in [2.45, 2.75) is 13.3 Å². The first kappa shape index (κ1) is 23.4. The summed E-state index contributed by atoms with van der Waals surface area (Å²) < 4.78 is 21.9. The molecule has 1 N–H and O–H groups in total. The molecule has 4 rings (SSSR count). The van der Waals surface area contributed by atoms with Crippen molar-refractivity contribution in [1.29, 1.82) is 0 Å². The minimum atomic E-state index is -0.118. The van der Waals surface area contributed by atoms with Crippen LogP contribution < -0.4 is 24.3 Å². The van der Waals surface area contributed by atoms with E-state index in [2.05, 4.69) is 16.4 Å². The van der Waals surface area contributed by atoms with Crippen molar-refractivity contribution in [3.8, 4) is 23.0 Å². The van der Waals surface area contributed by atoms with Gasteiger partial charge in [-0.1, -0.05) is 6.07 Å². The van der Waals surface area contributed by atoms with Crippen LogP contribution in [0.25, 0.3) is 17.2 Å². The number of nitrogens with zero attached hydrogens (tertiary/aromatic N) is 1. The Balaban J connectivity index is 1.78. The van der Waals surface area contributed by atoms with Gasteiger partial charge in [0.15, 0.2) is 16.6 Å². The van der Waals surface area contributed by atoms with Gasteiger partial charge in [0.25, 0.3) is 0 Å². The number of anilines is 1. The van der Waals surface area contributed by atoms with Crippen LogP contribution in [0, 0.1) is 0 Å². The monoisotopic (exact) mass is 478 g/mol. The largest absolute Gasteiger partial charge is 0.497 e. The van der Waals surface area contributed by atoms with Crippen molar-refractivity contribution >= 4 is 39.6 Å². The first-order valence-electron chi connectivity index (χ1n) is 10.6. The average molecular weight is 479 g/mol. The maximum atomic E-state index is 12.8. The van der Waals surface area contributed by atoms with Crippen LogP contribution in [-0.4, -0.2) is 39.3 Å². The second-order valence-corrected chi connectivity index (χ2v) is 8.49. The van der Waals surface area contributed by atoms with Gasteiger partial charge in [0.2, 0.25) is 11.7 Å². The number of fused-ring (bicyclic) bond motifs is 1. The SMILES string of the molecule is COc1ccc2c(c1)C(CC(=O)Nc1nccs1)=C(C)/C2=C/c1cc(OC)c(OC)c(OC)c1. The molecule has 0 aliphatic heterocycles. The van der Waals surface area contributed by atoms with Crippen LogP contribution in [0.2, 0.25) is 0 Å². The van der Waals surface area contributed by atoms with Crippen molar-refractivity contribution in [2.24, 2.45) is 0 Å². The van der Waals surface area contributed by atoms with Gasteiger partial charge in [0.05, 0.1) is 34.9 Å². The van der Waals surface area contributed by atoms with E-state index in [9.17, 15) is 4.79 Å². The Morgan fingerprint density at radius 3 is 2.32 bits per heavy atom. The van der Waals surface area contributed by atoms with Crippen molar-refractivity contribution in [3.05, 3.63) is 64.2 Å². The fraction of sp³-hybridized carbons (Fsp3) is 0.231. The van der Waals surface area contributed by atoms with E-state index in [4.69, 9.17) is 18.9 Å². The van der Waals surface area contributed by atoms with Crippen LogP contribution in [0.5, 0.6) is 23.0 Å². The molecule has 176 valence electrons. The zero-order valence-electron chi connectivity index (χ0n) is 19.7. The Hall–Kier alpha value is -3.78. The van der Waals surface area contributed by atoms with E-state index in [1.165, 1.54) is 11.3 Å². The van der Waals surface area contributed by atoms with Crippen molar-refractivity contribution < 1.29 is 23.7 Å². The molecule has 7 nitrogen and oxygen atoms in total. The highest BCUT2D eigenvalue weighted by molar-refractivity contribution is 7.13. The van der Waals surface area contributed by atoms with Gasteiger partial charge in [-0.25, -0.2) is 4.98 Å². The Kier molecular flexibility index (Phi) is 6.88. The van der Waals surface area contributed by atoms with Gasteiger partial charge in [0.1, 0.15) is 5.75 Å². The summed E-state index contributed by atoms with van der Waals surface area (Å²) in [7, 11) is 6.40. The quantitative estimate of drug-likeness (QED) is 0.458. The molecule has 0 saturated carbocycles. The number of thiazole rings is 1. The molecular weight excluding hydrogens is 452 g/mol. The number of benzene rings is 2. The third kappa shape index (κ3) is 4.49. The van der Waals surface area contributed by atoms with Crippen LogP contribution in [-0.2, 0) is 4.79 Å². The van der Waals surface area contributed by atoms with Crippen molar-refractivity contribution in [2.75, 3.05) is 33.8 Å². The molecule has 0 bridgehead atoms. The minimum Gasteiger partial charge on any atom is -0.497 e. The van der Waals surface area contributed by atoms with Crippen LogP contribution >= 0.6 is 11.3 Å². The van der Waals surface area contributed by atoms with E-state index in [0.29, 0.717) is 22.4 Å². The van der Waals surface area contributed by atoms with Crippen LogP contribution in [0.4, 0.5) is 5.13 Å². The third-order valence-corrected chi connectivity index (χ3v) is 6.40. The molecule has 1 aliphatic rings. The summed E-state index contributed by atoms with van der Waals surface area (Å²) in [5, 5.41) is 5.28. The molecule has 0 fully saturated rings. The maximum absolute atomic E-state index is 12.8. The maximum Gasteiger partial charge on any atom is 0.230 e. The fourth-order valence-electron chi connectivity index (χ4n) is 4.08. The van der Waals surface area contributed by atoms with Crippen molar-refractivity contribution in [1.82, 2.24) is 4.98 Å². The van der Waals surface area contributed by atoms with E-state index in [1.54, 1.807) is 34.6 Å². The summed E-state index contributed by atoms with van der Waals surface area (Å²) in [6.45, 7) is 2.03. The normalized spacial score (nSPS) is 13.6. The van der Waals surface area contributed by atoms with Gasteiger partial charge >= 0.3 is 0 Å². The molecule has 0 saturated heterocycles. The number of carbonyl (C=O) groups excluding carboxylic acids is 1. The molecule has 0 spiro atoms. The first-order valence-corrected chi connectivity index (χ1v) is 11.5. The number of rotatable bonds is 8. The molecule has 34 heavy (non-hydrogen) atoms. The number of aromatic nitrogens is 1. The molecular formula is C26H26N2O5S. The average Bonchev–Trinajstić information content (AvgIpc) is 3.45. The lowest BCUT2D eigenvalue weighted by atomic mass is 10.00. The molecule has 2 aromatic carbocycles. The van der Waals surface area contributed by atoms with Crippen LogP contribution in [0.3, 0.4) is 0 Å². The van der Waals surface area contributed by atoms with Crippen LogP contribution in [0.15, 0.2) is 47.5 Å². The summed E-state index contributed by atoms with van der Waals surface area (Å²) in [5.41, 5.74) is 5.88. The number of hydrogen-bond donors (Lipinski definition) is 1. The highest BCUT2D eigenvalue weighted by Crippen LogP contribution is 2.46. The summed E-state index contributed by atoms with van der Waals surface area (Å²) in [6.07, 6.45) is 3.95. The molecule has 1 heterocycles. The summed E-state index contributed by atoms with van der Waals surface area (Å²) in [6, 6.07) is 9.72. The highest BCUT2D eigenvalue weighted by atomic mass is 32.1. The predicted octanol–water partition coefficient (Wildman–Crippen LogP) is 5.53. The van der Waals surface area contributed by atoms with E-state index < -0.39 is 0 Å². The Morgan fingerprint density at radius 1 is 1.00 bits per heavy atom. The number of hydrogen-bond acceptors (Lipinski definition) is 7. The second kappa shape index (κ2) is 10.0. The predicted molar refractivity (Wildman–Crippen MR) is 135 cm³/mol. The topological polar surface area (TPSA) is 78.9 Å². The molecule has 3 aromatic rings. The van der Waals surface area contributed by atoms with Gasteiger partial charge in [-0.05, 0) is 70.7 Å². The third-order valence-electron chi connectivity index (χ3n) is 5.71. The zero-order chi connectivity index (χ0) is 24.2. The molecule has 0 atom stereocenters. The second-order valence-electron chi connectivity index (χ2n) is 7.59. The van der Waals surface area contributed by atoms with E-state index >= 15 is 0 Å². The van der Waals surface area contributed by atoms with Crippen molar-refractivity contribution in [3.63, 3.8) is 0 Å². The Labute approximate surface area is 202 Å².